The van der Waals surface area contributed by atoms with Crippen LogP contribution in [0.1, 0.15) is 12.8 Å². The van der Waals surface area contributed by atoms with Gasteiger partial charge in [-0.05, 0) is 64.5 Å². The summed E-state index contributed by atoms with van der Waals surface area (Å²) in [7, 11) is -13.8. The van der Waals surface area contributed by atoms with Crippen molar-refractivity contribution in [3.05, 3.63) is 24.6 Å². The third kappa shape index (κ3) is 14.0. The number of rotatable bonds is 23. The van der Waals surface area contributed by atoms with Crippen molar-refractivity contribution in [2.45, 2.75) is 150 Å². The Morgan fingerprint density at radius 2 is 0.581 bits per heavy atom. The minimum absolute atomic E-state index is 0.947. The zero-order chi connectivity index (χ0) is 50.5. The molecular weight excluding hydrogens is 1000 g/mol. The Balaban J connectivity index is 7.31. The smallest absolute Gasteiger partial charge is 0.453 e. The molecule has 0 saturated carbocycles. The van der Waals surface area contributed by atoms with E-state index in [2.05, 4.69) is 22.6 Å². The van der Waals surface area contributed by atoms with Crippen LogP contribution in [0.3, 0.4) is 0 Å². The van der Waals surface area contributed by atoms with Crippen LogP contribution in [0, 0.1) is 0 Å². The van der Waals surface area contributed by atoms with Crippen molar-refractivity contribution in [1.82, 2.24) is 0 Å². The quantitative estimate of drug-likeness (QED) is 0.0751. The minimum Gasteiger partial charge on any atom is -0.453 e. The topological polar surface area (TPSA) is 55.4 Å². The van der Waals surface area contributed by atoms with Crippen molar-refractivity contribution >= 4 is 33.3 Å². The van der Waals surface area contributed by atoms with E-state index in [0.29, 0.717) is 0 Å². The van der Waals surface area contributed by atoms with Crippen molar-refractivity contribution in [2.24, 2.45) is 0 Å². The van der Waals surface area contributed by atoms with Gasteiger partial charge in [-0.3, -0.25) is 18.9 Å². The number of halogens is 24. The molecule has 4 unspecified atom stereocenters. The molecule has 4 atom stereocenters. The lowest BCUT2D eigenvalue weighted by Gasteiger charge is -2.43. The van der Waals surface area contributed by atoms with Crippen LogP contribution in [0.15, 0.2) is 24.6 Å². The largest absolute Gasteiger partial charge is 0.458 e. The van der Waals surface area contributed by atoms with Gasteiger partial charge in [0.15, 0.2) is 33.3 Å². The molecule has 0 aliphatic rings. The zero-order valence-corrected chi connectivity index (χ0v) is 36.9. The molecule has 0 aliphatic heterocycles. The van der Waals surface area contributed by atoms with E-state index in [1.54, 1.807) is 0 Å². The van der Waals surface area contributed by atoms with E-state index in [0.717, 1.165) is 37.6 Å². The van der Waals surface area contributed by atoms with Crippen LogP contribution < -0.4 is 0 Å². The molecule has 0 aromatic heterocycles. The number of hydrogen-bond acceptors (Lipinski definition) is 6. The molecular formula is C28H38F24O6Si4. The highest BCUT2D eigenvalue weighted by molar-refractivity contribution is 6.88. The highest BCUT2D eigenvalue weighted by Crippen LogP contribution is 2.59. The van der Waals surface area contributed by atoms with Crippen LogP contribution in [0.5, 0.6) is 0 Å². The maximum Gasteiger partial charge on any atom is 0.458 e. The number of hydrogen-bond donors (Lipinski definition) is 0. The van der Waals surface area contributed by atoms with Gasteiger partial charge in [0.2, 0.25) is 0 Å². The van der Waals surface area contributed by atoms with Gasteiger partial charge in [-0.2, -0.15) is 96.6 Å². The van der Waals surface area contributed by atoms with Crippen molar-refractivity contribution in [3.63, 3.8) is 0 Å². The Morgan fingerprint density at radius 3 is 0.758 bits per heavy atom. The van der Waals surface area contributed by atoms with Gasteiger partial charge in [-0.25, -0.2) is 8.78 Å². The SMILES string of the molecule is C=C[Si](C)(C)O[Si](C)(C)CCC(F)(OC(F)(F)C(F)(OC(F)(F)C(F)(F)OC(F)(C(F)(F)F)C(F)(F)OC(F)(CC[Si](C)(C)O[Si](C)(C)C=C)C(F)(F)F)C(F)(F)F)C(F)(F)F. The first kappa shape index (κ1) is 60.4. The Hall–Kier alpha value is -1.57. The summed E-state index contributed by atoms with van der Waals surface area (Å²) in [5.74, 6) is -29.4. The Labute approximate surface area is 340 Å². The summed E-state index contributed by atoms with van der Waals surface area (Å²) in [5, 5.41) is 0. The lowest BCUT2D eigenvalue weighted by atomic mass is 10.2. The molecule has 0 rings (SSSR count). The Kier molecular flexibility index (Phi) is 17.5. The monoisotopic (exact) mass is 1040 g/mol. The lowest BCUT2D eigenvalue weighted by molar-refractivity contribution is -0.585. The van der Waals surface area contributed by atoms with E-state index >= 15 is 17.6 Å². The van der Waals surface area contributed by atoms with Gasteiger partial charge in [0.25, 0.3) is 0 Å². The normalized spacial score (nSPS) is 19.3. The third-order valence-corrected chi connectivity index (χ3v) is 21.4. The van der Waals surface area contributed by atoms with Gasteiger partial charge in [-0.15, -0.1) is 13.2 Å². The standard InChI is InChI=1S/C28H38F24O6Si4/c1-11-59(3,4)57-61(7,8)15-13-17(29,21(33,34)35)53-25(45,46)19(31,23(39,40)41)55-27(49,50)28(51,52)56-20(32,24(42,43)44)26(47,48)54-18(30,22(36,37)38)14-16-62(9,10)58-60(5,6)12-2/h11-12H,1-2,13-16H2,3-10H3. The molecule has 6 nitrogen and oxygen atoms in total. The van der Waals surface area contributed by atoms with E-state index in [1.165, 1.54) is 35.7 Å². The highest BCUT2D eigenvalue weighted by atomic mass is 28.4. The van der Waals surface area contributed by atoms with E-state index < -0.39 is 131 Å². The molecule has 0 amide bonds. The highest BCUT2D eigenvalue weighted by Gasteiger charge is 2.86. The maximum absolute atomic E-state index is 15.1. The van der Waals surface area contributed by atoms with Crippen LogP contribution in [-0.4, -0.2) is 106 Å². The van der Waals surface area contributed by atoms with Gasteiger partial charge < -0.3 is 8.23 Å². The molecule has 370 valence electrons. The molecule has 0 spiro atoms. The molecule has 0 saturated heterocycles. The third-order valence-electron chi connectivity index (χ3n) is 7.94. The Morgan fingerprint density at radius 1 is 0.355 bits per heavy atom. The van der Waals surface area contributed by atoms with Crippen LogP contribution in [0.25, 0.3) is 0 Å². The molecule has 0 N–H and O–H groups in total. The molecule has 34 heteroatoms. The predicted molar refractivity (Wildman–Crippen MR) is 175 cm³/mol. The second-order valence-electron chi connectivity index (χ2n) is 15.5. The van der Waals surface area contributed by atoms with Crippen molar-refractivity contribution in [2.75, 3.05) is 0 Å². The second-order valence-corrected chi connectivity index (χ2v) is 32.4. The lowest BCUT2D eigenvalue weighted by Crippen LogP contribution is -2.69. The summed E-state index contributed by atoms with van der Waals surface area (Å²) >= 11 is 0. The average Bonchev–Trinajstić information content (AvgIpc) is 2.99. The Bertz CT molecular complexity index is 1440. The summed E-state index contributed by atoms with van der Waals surface area (Å²) in [4.78, 5) is 0. The van der Waals surface area contributed by atoms with Crippen molar-refractivity contribution < 1.29 is 133 Å². The number of alkyl halides is 24. The molecule has 0 bridgehead atoms. The van der Waals surface area contributed by atoms with Gasteiger partial charge in [0.05, 0.1) is 0 Å². The van der Waals surface area contributed by atoms with Crippen LogP contribution >= 0.6 is 0 Å². The van der Waals surface area contributed by atoms with E-state index in [1.807, 2.05) is 0 Å². The van der Waals surface area contributed by atoms with Gasteiger partial charge in [-0.1, -0.05) is 11.4 Å². The predicted octanol–water partition coefficient (Wildman–Crippen LogP) is 13.4. The molecule has 0 fully saturated rings. The molecule has 0 radical (unpaired) electrons. The molecule has 0 heterocycles. The second kappa shape index (κ2) is 17.9. The van der Waals surface area contributed by atoms with Crippen LogP contribution in [0.2, 0.25) is 64.5 Å². The fourth-order valence-electron chi connectivity index (χ4n) is 4.61. The fraction of sp³-hybridized carbons (Fsp3) is 0.857. The first-order chi connectivity index (χ1) is 26.5. The molecule has 0 aromatic carbocycles. The average molecular weight is 1040 g/mol. The fourth-order valence-corrected chi connectivity index (χ4v) is 19.3. The van der Waals surface area contributed by atoms with E-state index in [9.17, 15) is 87.8 Å². The van der Waals surface area contributed by atoms with Gasteiger partial charge >= 0.3 is 72.6 Å². The summed E-state index contributed by atoms with van der Waals surface area (Å²) in [6.07, 6.45) is -68.9. The first-order valence-corrected chi connectivity index (χ1v) is 28.7. The minimum atomic E-state index is -8.49. The van der Waals surface area contributed by atoms with Crippen molar-refractivity contribution in [1.29, 1.82) is 0 Å². The van der Waals surface area contributed by atoms with Gasteiger partial charge in [0.1, 0.15) is 0 Å². The zero-order valence-electron chi connectivity index (χ0n) is 32.9. The van der Waals surface area contributed by atoms with Gasteiger partial charge in [0, 0.05) is 12.8 Å². The van der Waals surface area contributed by atoms with E-state index in [-0.39, 0.29) is 0 Å². The summed E-state index contributed by atoms with van der Waals surface area (Å²) in [5.41, 5.74) is 2.24. The van der Waals surface area contributed by atoms with Crippen LogP contribution in [0.4, 0.5) is 105 Å². The summed E-state index contributed by atoms with van der Waals surface area (Å²) < 4.78 is 360. The molecule has 0 aliphatic carbocycles. The van der Waals surface area contributed by atoms with Crippen molar-refractivity contribution in [3.8, 4) is 0 Å². The molecule has 0 aromatic rings. The summed E-state index contributed by atoms with van der Waals surface area (Å²) in [6, 6.07) is -2.86. The number of ether oxygens (including phenoxy) is 4. The molecule has 62 heavy (non-hydrogen) atoms. The van der Waals surface area contributed by atoms with Crippen LogP contribution in [-0.2, 0) is 27.2 Å². The van der Waals surface area contributed by atoms with E-state index in [4.69, 9.17) is 8.23 Å². The maximum atomic E-state index is 15.1. The first-order valence-electron chi connectivity index (χ1n) is 16.5. The summed E-state index contributed by atoms with van der Waals surface area (Å²) in [6.45, 7) is 15.7.